The number of ether oxygens (including phenoxy) is 1. The molecule has 3 nitrogen and oxygen atoms in total. The normalized spacial score (nSPS) is 12.3. The van der Waals surface area contributed by atoms with Crippen LogP contribution in [0.4, 0.5) is 0 Å². The van der Waals surface area contributed by atoms with Crippen molar-refractivity contribution in [3.05, 3.63) is 0 Å². The Kier molecular flexibility index (Phi) is 11.6. The van der Waals surface area contributed by atoms with Gasteiger partial charge in [0.25, 0.3) is 0 Å². The minimum Gasteiger partial charge on any atom is -0.379 e. The molecule has 0 aromatic carbocycles. The van der Waals surface area contributed by atoms with Gasteiger partial charge in [0.15, 0.2) is 0 Å². The number of hydrogen-bond acceptors (Lipinski definition) is 3. The summed E-state index contributed by atoms with van der Waals surface area (Å²) in [6, 6.07) is 0. The zero-order valence-corrected chi connectivity index (χ0v) is 14.0. The van der Waals surface area contributed by atoms with Gasteiger partial charge in [0.2, 0.25) is 0 Å². The molecule has 0 saturated carbocycles. The van der Waals surface area contributed by atoms with Crippen molar-refractivity contribution in [2.75, 3.05) is 39.3 Å². The monoisotopic (exact) mass is 272 g/mol. The van der Waals surface area contributed by atoms with Gasteiger partial charge < -0.3 is 15.0 Å². The lowest BCUT2D eigenvalue weighted by molar-refractivity contribution is 0.0770. The maximum absolute atomic E-state index is 5.52. The van der Waals surface area contributed by atoms with Gasteiger partial charge in [-0.25, -0.2) is 0 Å². The molecule has 0 saturated heterocycles. The average molecular weight is 272 g/mol. The molecule has 3 heteroatoms. The van der Waals surface area contributed by atoms with Crippen molar-refractivity contribution in [1.29, 1.82) is 0 Å². The van der Waals surface area contributed by atoms with E-state index in [0.717, 1.165) is 44.5 Å². The fraction of sp³-hybridized carbons (Fsp3) is 1.00. The molecule has 0 aliphatic heterocycles. The molecule has 0 unspecified atom stereocenters. The molecule has 0 rings (SSSR count). The molecule has 0 atom stereocenters. The summed E-state index contributed by atoms with van der Waals surface area (Å²) in [6.07, 6.45) is 1.46. The molecule has 0 aromatic heterocycles. The molecule has 116 valence electrons. The summed E-state index contributed by atoms with van der Waals surface area (Å²) in [6.45, 7) is 19.9. The van der Waals surface area contributed by atoms with Crippen LogP contribution in [0.5, 0.6) is 0 Å². The van der Waals surface area contributed by atoms with Crippen molar-refractivity contribution in [1.82, 2.24) is 10.2 Å². The molecule has 0 radical (unpaired) electrons. The average Bonchev–Trinajstić information content (AvgIpc) is 2.25. The molecule has 19 heavy (non-hydrogen) atoms. The lowest BCUT2D eigenvalue weighted by Crippen LogP contribution is -2.37. The zero-order chi connectivity index (χ0) is 14.7. The third-order valence-corrected chi connectivity index (χ3v) is 2.80. The number of nitrogens with zero attached hydrogens (tertiary/aromatic N) is 1. The minimum atomic E-state index is 0.354. The van der Waals surface area contributed by atoms with Crippen LogP contribution in [0, 0.1) is 11.8 Å². The number of rotatable bonds is 12. The smallest absolute Gasteiger partial charge is 0.0518 e. The van der Waals surface area contributed by atoms with Crippen molar-refractivity contribution < 1.29 is 4.74 Å². The molecular formula is C16H36N2O. The maximum Gasteiger partial charge on any atom is 0.0518 e. The fourth-order valence-electron chi connectivity index (χ4n) is 2.17. The molecule has 0 aliphatic carbocycles. The van der Waals surface area contributed by atoms with Crippen LogP contribution in [0.1, 0.15) is 48.0 Å². The summed E-state index contributed by atoms with van der Waals surface area (Å²) in [5.41, 5.74) is 0. The molecule has 0 spiro atoms. The van der Waals surface area contributed by atoms with E-state index in [2.05, 4.69) is 51.8 Å². The largest absolute Gasteiger partial charge is 0.379 e. The van der Waals surface area contributed by atoms with E-state index in [1.807, 2.05) is 0 Å². The van der Waals surface area contributed by atoms with E-state index in [9.17, 15) is 0 Å². The van der Waals surface area contributed by atoms with Crippen LogP contribution in [0.15, 0.2) is 0 Å². The fourth-order valence-corrected chi connectivity index (χ4v) is 2.17. The number of hydrogen-bond donors (Lipinski definition) is 1. The van der Waals surface area contributed by atoms with Crippen molar-refractivity contribution in [3.63, 3.8) is 0 Å². The highest BCUT2D eigenvalue weighted by atomic mass is 16.5. The lowest BCUT2D eigenvalue weighted by Gasteiger charge is -2.26. The minimum absolute atomic E-state index is 0.354. The highest BCUT2D eigenvalue weighted by Crippen LogP contribution is 2.02. The van der Waals surface area contributed by atoms with Crippen LogP contribution in [0.2, 0.25) is 0 Å². The first-order chi connectivity index (χ1) is 8.91. The molecule has 0 amide bonds. The van der Waals surface area contributed by atoms with Gasteiger partial charge in [-0.05, 0) is 38.6 Å². The zero-order valence-electron chi connectivity index (χ0n) is 14.0. The second-order valence-electron chi connectivity index (χ2n) is 6.57. The van der Waals surface area contributed by atoms with E-state index in [1.165, 1.54) is 13.1 Å². The molecule has 0 bridgehead atoms. The first kappa shape index (κ1) is 18.9. The first-order valence-corrected chi connectivity index (χ1v) is 7.96. The van der Waals surface area contributed by atoms with Gasteiger partial charge in [0.05, 0.1) is 6.10 Å². The van der Waals surface area contributed by atoms with Gasteiger partial charge in [-0.2, -0.15) is 0 Å². The Morgan fingerprint density at radius 2 is 1.47 bits per heavy atom. The molecule has 0 aromatic rings. The Hall–Kier alpha value is -0.120. The van der Waals surface area contributed by atoms with Crippen LogP contribution in [-0.4, -0.2) is 50.3 Å². The molecule has 1 N–H and O–H groups in total. The highest BCUT2D eigenvalue weighted by molar-refractivity contribution is 4.64. The number of nitrogens with one attached hydrogen (secondary N) is 1. The van der Waals surface area contributed by atoms with Gasteiger partial charge in [-0.3, -0.25) is 0 Å². The van der Waals surface area contributed by atoms with Crippen LogP contribution in [-0.2, 0) is 4.74 Å². The predicted octanol–water partition coefficient (Wildman–Crippen LogP) is 3.01. The summed E-state index contributed by atoms with van der Waals surface area (Å²) < 4.78 is 5.52. The molecule has 0 fully saturated rings. The molecule has 0 heterocycles. The van der Waals surface area contributed by atoms with Crippen LogP contribution in [0.3, 0.4) is 0 Å². The SMILES string of the molecule is CC(C)CN(CCNCCCOC(C)C)CC(C)C. The van der Waals surface area contributed by atoms with Gasteiger partial charge in [0, 0.05) is 32.8 Å². The van der Waals surface area contributed by atoms with Crippen LogP contribution >= 0.6 is 0 Å². The summed E-state index contributed by atoms with van der Waals surface area (Å²) >= 11 is 0. The van der Waals surface area contributed by atoms with Crippen molar-refractivity contribution in [2.45, 2.75) is 54.1 Å². The van der Waals surface area contributed by atoms with Crippen molar-refractivity contribution in [2.24, 2.45) is 11.8 Å². The Balaban J connectivity index is 3.57. The van der Waals surface area contributed by atoms with Gasteiger partial charge in [0.1, 0.15) is 0 Å². The van der Waals surface area contributed by atoms with E-state index in [0.29, 0.717) is 6.10 Å². The summed E-state index contributed by atoms with van der Waals surface area (Å²) in [4.78, 5) is 2.58. The quantitative estimate of drug-likeness (QED) is 0.553. The predicted molar refractivity (Wildman–Crippen MR) is 84.7 cm³/mol. The summed E-state index contributed by atoms with van der Waals surface area (Å²) in [7, 11) is 0. The van der Waals surface area contributed by atoms with Gasteiger partial charge in [-0.15, -0.1) is 0 Å². The van der Waals surface area contributed by atoms with Gasteiger partial charge >= 0.3 is 0 Å². The Bertz CT molecular complexity index is 183. The molecular weight excluding hydrogens is 236 g/mol. The van der Waals surface area contributed by atoms with Crippen molar-refractivity contribution in [3.8, 4) is 0 Å². The lowest BCUT2D eigenvalue weighted by atomic mass is 10.1. The van der Waals surface area contributed by atoms with E-state index < -0.39 is 0 Å². The second kappa shape index (κ2) is 11.7. The van der Waals surface area contributed by atoms with E-state index in [-0.39, 0.29) is 0 Å². The van der Waals surface area contributed by atoms with Crippen LogP contribution in [0.25, 0.3) is 0 Å². The topological polar surface area (TPSA) is 24.5 Å². The maximum atomic E-state index is 5.52. The standard InChI is InChI=1S/C16H36N2O/c1-14(2)12-18(13-15(3)4)10-9-17-8-7-11-19-16(5)6/h14-17H,7-13H2,1-6H3. The Labute approximate surface area is 121 Å². The Morgan fingerprint density at radius 3 is 1.95 bits per heavy atom. The van der Waals surface area contributed by atoms with E-state index in [1.54, 1.807) is 0 Å². The summed E-state index contributed by atoms with van der Waals surface area (Å²) in [5, 5.41) is 3.51. The van der Waals surface area contributed by atoms with Gasteiger partial charge in [-0.1, -0.05) is 27.7 Å². The third-order valence-electron chi connectivity index (χ3n) is 2.80. The van der Waals surface area contributed by atoms with E-state index >= 15 is 0 Å². The third kappa shape index (κ3) is 14.1. The van der Waals surface area contributed by atoms with Crippen molar-refractivity contribution >= 4 is 0 Å². The first-order valence-electron chi connectivity index (χ1n) is 7.96. The Morgan fingerprint density at radius 1 is 0.895 bits per heavy atom. The van der Waals surface area contributed by atoms with E-state index in [4.69, 9.17) is 4.74 Å². The second-order valence-corrected chi connectivity index (χ2v) is 6.57. The highest BCUT2D eigenvalue weighted by Gasteiger charge is 2.08. The molecule has 0 aliphatic rings. The van der Waals surface area contributed by atoms with Crippen LogP contribution < -0.4 is 5.32 Å². The summed E-state index contributed by atoms with van der Waals surface area (Å²) in [5.74, 6) is 1.50.